The molecule has 2 aliphatic heterocycles. The minimum absolute atomic E-state index is 0.119. The third-order valence-electron chi connectivity index (χ3n) is 3.45. The first-order valence-electron chi connectivity index (χ1n) is 6.43. The van der Waals surface area contributed by atoms with Gasteiger partial charge >= 0.3 is 5.97 Å². The fourth-order valence-electron chi connectivity index (χ4n) is 2.38. The molecule has 7 heteroatoms. The number of thioether (sulfide) groups is 2. The summed E-state index contributed by atoms with van der Waals surface area (Å²) in [7, 11) is 0. The Morgan fingerprint density at radius 1 is 1.43 bits per heavy atom. The number of rotatable bonds is 4. The minimum Gasteiger partial charge on any atom is -0.477 e. The summed E-state index contributed by atoms with van der Waals surface area (Å²) in [5, 5.41) is 9.19. The molecule has 1 fully saturated rings. The predicted molar refractivity (Wildman–Crippen MR) is 82.9 cm³/mol. The van der Waals surface area contributed by atoms with Crippen LogP contribution in [0.4, 0.5) is 0 Å². The topological polar surface area (TPSA) is 83.6 Å². The number of hydrogen-bond donors (Lipinski definition) is 2. The van der Waals surface area contributed by atoms with Gasteiger partial charge in [-0.15, -0.1) is 23.5 Å². The highest BCUT2D eigenvalue weighted by atomic mass is 32.2. The summed E-state index contributed by atoms with van der Waals surface area (Å²) >= 11 is 3.11. The smallest absolute Gasteiger partial charge is 0.352 e. The molecule has 2 unspecified atom stereocenters. The third kappa shape index (κ3) is 2.56. The van der Waals surface area contributed by atoms with Crippen LogP contribution in [0, 0.1) is 0 Å². The van der Waals surface area contributed by atoms with E-state index >= 15 is 0 Å². The third-order valence-corrected chi connectivity index (χ3v) is 5.91. The van der Waals surface area contributed by atoms with Gasteiger partial charge in [-0.2, -0.15) is 0 Å². The molecule has 1 aromatic carbocycles. The molecule has 0 aliphatic carbocycles. The Balaban J connectivity index is 1.81. The average Bonchev–Trinajstić information content (AvgIpc) is 2.52. The predicted octanol–water partition coefficient (Wildman–Crippen LogP) is 1.36. The molecule has 5 nitrogen and oxygen atoms in total. The number of benzene rings is 1. The molecule has 0 spiro atoms. The molecule has 0 aromatic heterocycles. The highest BCUT2D eigenvalue weighted by Gasteiger charge is 2.51. The molecule has 2 aliphatic rings. The van der Waals surface area contributed by atoms with E-state index in [0.717, 1.165) is 10.5 Å². The van der Waals surface area contributed by atoms with Crippen molar-refractivity contribution in [1.82, 2.24) is 4.90 Å². The molecule has 2 atom stereocenters. The first-order chi connectivity index (χ1) is 10.1. The van der Waals surface area contributed by atoms with Gasteiger partial charge in [-0.3, -0.25) is 9.69 Å². The Kier molecular flexibility index (Phi) is 3.97. The van der Waals surface area contributed by atoms with Crippen molar-refractivity contribution >= 4 is 35.4 Å². The van der Waals surface area contributed by atoms with E-state index in [4.69, 9.17) is 5.73 Å². The van der Waals surface area contributed by atoms with Gasteiger partial charge < -0.3 is 10.8 Å². The van der Waals surface area contributed by atoms with E-state index in [-0.39, 0.29) is 17.0 Å². The highest BCUT2D eigenvalue weighted by Crippen LogP contribution is 2.40. The molecule has 0 radical (unpaired) electrons. The van der Waals surface area contributed by atoms with Crippen LogP contribution >= 0.6 is 23.5 Å². The molecule has 0 saturated carbocycles. The van der Waals surface area contributed by atoms with Crippen LogP contribution in [0.25, 0.3) is 0 Å². The molecular formula is C14H14N2O3S2. The number of carboxylic acid groups (broad SMARTS) is 1. The number of carboxylic acids is 1. The van der Waals surface area contributed by atoms with E-state index < -0.39 is 12.0 Å². The average molecular weight is 322 g/mol. The fourth-order valence-corrected chi connectivity index (χ4v) is 4.73. The van der Waals surface area contributed by atoms with Crippen LogP contribution in [0.2, 0.25) is 0 Å². The van der Waals surface area contributed by atoms with E-state index in [1.807, 2.05) is 30.3 Å². The van der Waals surface area contributed by atoms with Gasteiger partial charge in [0.15, 0.2) is 0 Å². The largest absolute Gasteiger partial charge is 0.477 e. The van der Waals surface area contributed by atoms with Crippen molar-refractivity contribution in [3.63, 3.8) is 0 Å². The number of amides is 1. The standard InChI is InChI=1S/C14H14N2O3S2/c15-10-12(17)16-11(14(18)19)8(7-21-13(10)16)6-20-9-4-2-1-3-5-9/h1-5,10,13H,6-7,15H2,(H,18,19). The van der Waals surface area contributed by atoms with Crippen LogP contribution < -0.4 is 5.73 Å². The number of nitrogens with zero attached hydrogens (tertiary/aromatic N) is 1. The first kappa shape index (κ1) is 14.5. The van der Waals surface area contributed by atoms with Crippen molar-refractivity contribution < 1.29 is 14.7 Å². The normalized spacial score (nSPS) is 24.6. The molecule has 1 saturated heterocycles. The lowest BCUT2D eigenvalue weighted by atomic mass is 10.0. The zero-order valence-corrected chi connectivity index (χ0v) is 12.7. The Morgan fingerprint density at radius 3 is 2.81 bits per heavy atom. The molecule has 0 bridgehead atoms. The van der Waals surface area contributed by atoms with Gasteiger partial charge in [0.1, 0.15) is 17.1 Å². The van der Waals surface area contributed by atoms with Crippen LogP contribution in [-0.2, 0) is 9.59 Å². The van der Waals surface area contributed by atoms with E-state index in [2.05, 4.69) is 0 Å². The highest BCUT2D eigenvalue weighted by molar-refractivity contribution is 8.01. The second-order valence-electron chi connectivity index (χ2n) is 4.79. The Labute approximate surface area is 130 Å². The maximum atomic E-state index is 11.8. The molecule has 3 N–H and O–H groups in total. The van der Waals surface area contributed by atoms with Gasteiger partial charge in [0.2, 0.25) is 5.91 Å². The lowest BCUT2D eigenvalue weighted by Crippen LogP contribution is -2.68. The number of carbonyl (C=O) groups excluding carboxylic acids is 1. The number of nitrogens with two attached hydrogens (primary N) is 1. The van der Waals surface area contributed by atoms with Gasteiger partial charge in [-0.25, -0.2) is 4.79 Å². The van der Waals surface area contributed by atoms with E-state index in [9.17, 15) is 14.7 Å². The van der Waals surface area contributed by atoms with Gasteiger partial charge in [-0.05, 0) is 17.7 Å². The molecule has 110 valence electrons. The fraction of sp³-hybridized carbons (Fsp3) is 0.286. The summed E-state index contributed by atoms with van der Waals surface area (Å²) in [6.45, 7) is 0. The quantitative estimate of drug-likeness (QED) is 0.643. The molecule has 3 rings (SSSR count). The molecule has 21 heavy (non-hydrogen) atoms. The SMILES string of the molecule is NC1C(=O)N2C(C(=O)O)=C(CSc3ccccc3)CSC12. The Morgan fingerprint density at radius 2 is 2.14 bits per heavy atom. The van der Waals surface area contributed by atoms with Crippen molar-refractivity contribution in [3.8, 4) is 0 Å². The number of aliphatic carboxylic acids is 1. The van der Waals surface area contributed by atoms with Crippen LogP contribution in [0.1, 0.15) is 0 Å². The zero-order valence-electron chi connectivity index (χ0n) is 11.1. The summed E-state index contributed by atoms with van der Waals surface area (Å²) < 4.78 is 0. The van der Waals surface area contributed by atoms with Crippen LogP contribution in [-0.4, -0.2) is 44.8 Å². The van der Waals surface area contributed by atoms with Gasteiger partial charge in [-0.1, -0.05) is 18.2 Å². The summed E-state index contributed by atoms with van der Waals surface area (Å²) in [6, 6.07) is 9.21. The minimum atomic E-state index is -1.05. The Hall–Kier alpha value is -1.44. The number of hydrogen-bond acceptors (Lipinski definition) is 5. The van der Waals surface area contributed by atoms with E-state index in [1.165, 1.54) is 16.7 Å². The van der Waals surface area contributed by atoms with Crippen molar-refractivity contribution in [1.29, 1.82) is 0 Å². The van der Waals surface area contributed by atoms with Crippen molar-refractivity contribution in [2.24, 2.45) is 5.73 Å². The van der Waals surface area contributed by atoms with Crippen LogP contribution in [0.15, 0.2) is 46.5 Å². The Bertz CT molecular complexity index is 618. The first-order valence-corrected chi connectivity index (χ1v) is 8.46. The molecule has 1 amide bonds. The number of fused-ring (bicyclic) bond motifs is 1. The maximum Gasteiger partial charge on any atom is 0.352 e. The van der Waals surface area contributed by atoms with E-state index in [1.54, 1.807) is 11.8 Å². The maximum absolute atomic E-state index is 11.8. The van der Waals surface area contributed by atoms with Crippen molar-refractivity contribution in [2.75, 3.05) is 11.5 Å². The second-order valence-corrected chi connectivity index (χ2v) is 6.95. The number of carbonyl (C=O) groups is 2. The van der Waals surface area contributed by atoms with Crippen molar-refractivity contribution in [3.05, 3.63) is 41.6 Å². The summed E-state index contributed by atoms with van der Waals surface area (Å²) in [5.74, 6) is -0.190. The summed E-state index contributed by atoms with van der Waals surface area (Å²) in [4.78, 5) is 25.7. The monoisotopic (exact) mass is 322 g/mol. The molecule has 1 aromatic rings. The second kappa shape index (κ2) is 5.75. The molecule has 2 heterocycles. The van der Waals surface area contributed by atoms with Crippen molar-refractivity contribution in [2.45, 2.75) is 16.3 Å². The van der Waals surface area contributed by atoms with E-state index in [0.29, 0.717) is 11.5 Å². The van der Waals surface area contributed by atoms with Gasteiger partial charge in [0.05, 0.1) is 0 Å². The number of β-lactam (4-membered cyclic amide) rings is 1. The van der Waals surface area contributed by atoms with Crippen LogP contribution in [0.3, 0.4) is 0 Å². The summed E-state index contributed by atoms with van der Waals surface area (Å²) in [6.07, 6.45) is 0. The summed E-state index contributed by atoms with van der Waals surface area (Å²) in [5.41, 5.74) is 6.61. The van der Waals surface area contributed by atoms with Gasteiger partial charge in [0, 0.05) is 16.4 Å². The van der Waals surface area contributed by atoms with Crippen LogP contribution in [0.5, 0.6) is 0 Å². The van der Waals surface area contributed by atoms with Gasteiger partial charge in [0.25, 0.3) is 0 Å². The lowest BCUT2D eigenvalue weighted by Gasteiger charge is -2.48. The lowest BCUT2D eigenvalue weighted by molar-refractivity contribution is -0.147. The molecular weight excluding hydrogens is 308 g/mol. The zero-order chi connectivity index (χ0) is 15.0.